The monoisotopic (exact) mass is 435 g/mol. The van der Waals surface area contributed by atoms with Gasteiger partial charge in [-0.25, -0.2) is 4.79 Å². The Balaban J connectivity index is 1.93. The number of amides is 1. The molecule has 1 heterocycles. The topological polar surface area (TPSA) is 38.8 Å². The lowest BCUT2D eigenvalue weighted by molar-refractivity contribution is 0.145. The third-order valence-electron chi connectivity index (χ3n) is 6.17. The summed E-state index contributed by atoms with van der Waals surface area (Å²) in [6.45, 7) is 10.8. The van der Waals surface area contributed by atoms with Crippen molar-refractivity contribution in [3.63, 3.8) is 0 Å². The van der Waals surface area contributed by atoms with Gasteiger partial charge in [-0.1, -0.05) is 69.3 Å². The first-order valence-electron chi connectivity index (χ1n) is 11.2. The van der Waals surface area contributed by atoms with Gasteiger partial charge in [0.1, 0.15) is 12.4 Å². The van der Waals surface area contributed by atoms with Crippen molar-refractivity contribution >= 4 is 25.9 Å². The quantitative estimate of drug-likeness (QED) is 0.310. The molecule has 3 rings (SSSR count). The van der Waals surface area contributed by atoms with E-state index in [1.165, 1.54) is 0 Å². The molecular weight excluding hydrogens is 402 g/mol. The Hall–Kier alpha value is -2.79. The molecule has 31 heavy (non-hydrogen) atoms. The van der Waals surface area contributed by atoms with Gasteiger partial charge in [-0.15, -0.1) is 6.58 Å². The molecule has 1 unspecified atom stereocenters. The molecule has 1 amide bonds. The van der Waals surface area contributed by atoms with Crippen LogP contribution in [-0.2, 0) is 15.8 Å². The van der Waals surface area contributed by atoms with E-state index in [0.717, 1.165) is 40.7 Å². The van der Waals surface area contributed by atoms with Crippen LogP contribution >= 0.6 is 0 Å². The van der Waals surface area contributed by atoms with E-state index in [-0.39, 0.29) is 18.7 Å². The summed E-state index contributed by atoms with van der Waals surface area (Å²) >= 11 is 0. The van der Waals surface area contributed by atoms with E-state index in [1.54, 1.807) is 4.90 Å². The number of para-hydroxylation sites is 1. The van der Waals surface area contributed by atoms with Crippen LogP contribution in [0, 0.1) is 0 Å². The minimum atomic E-state index is -1.86. The average Bonchev–Trinajstić information content (AvgIpc) is 2.82. The first kappa shape index (κ1) is 22.9. The molecule has 2 aromatic rings. The van der Waals surface area contributed by atoms with Crippen molar-refractivity contribution in [1.82, 2.24) is 0 Å². The van der Waals surface area contributed by atoms with Crippen molar-refractivity contribution in [2.75, 3.05) is 4.90 Å². The van der Waals surface area contributed by atoms with E-state index >= 15 is 0 Å². The Morgan fingerprint density at radius 2 is 1.68 bits per heavy atom. The van der Waals surface area contributed by atoms with Crippen LogP contribution in [0.2, 0.25) is 18.1 Å². The Morgan fingerprint density at radius 3 is 2.32 bits per heavy atom. The zero-order chi connectivity index (χ0) is 22.3. The Bertz CT molecular complexity index is 913. The number of carbonyl (C=O) groups excluding carboxylic acids is 1. The number of anilines is 1. The summed E-state index contributed by atoms with van der Waals surface area (Å²) in [6.07, 6.45) is 4.19. The predicted molar refractivity (Wildman–Crippen MR) is 130 cm³/mol. The van der Waals surface area contributed by atoms with E-state index in [0.29, 0.717) is 6.42 Å². The fourth-order valence-corrected chi connectivity index (χ4v) is 6.64. The smallest absolute Gasteiger partial charge is 0.415 e. The number of benzene rings is 2. The second-order valence-corrected chi connectivity index (χ2v) is 12.6. The summed E-state index contributed by atoms with van der Waals surface area (Å²) in [7, 11) is -1.86. The summed E-state index contributed by atoms with van der Waals surface area (Å²) < 4.78 is 12.5. The van der Waals surface area contributed by atoms with Gasteiger partial charge in [-0.2, -0.15) is 0 Å². The summed E-state index contributed by atoms with van der Waals surface area (Å²) in [5, 5.41) is 0. The maximum Gasteiger partial charge on any atom is 0.415 e. The Kier molecular flexibility index (Phi) is 7.74. The maximum absolute atomic E-state index is 13.2. The molecule has 0 bridgehead atoms. The molecule has 0 spiro atoms. The summed E-state index contributed by atoms with van der Waals surface area (Å²) in [6, 6.07) is 20.7. The number of hydrogen-bond donors (Lipinski definition) is 0. The lowest BCUT2D eigenvalue weighted by Gasteiger charge is -2.38. The molecule has 2 aromatic carbocycles. The number of fused-ring (bicyclic) bond motifs is 1. The van der Waals surface area contributed by atoms with Crippen LogP contribution in [0.5, 0.6) is 0 Å². The van der Waals surface area contributed by atoms with Gasteiger partial charge in [-0.05, 0) is 48.3 Å². The molecule has 5 heteroatoms. The van der Waals surface area contributed by atoms with Gasteiger partial charge in [0.15, 0.2) is 0 Å². The highest BCUT2D eigenvalue weighted by molar-refractivity contribution is 6.74. The van der Waals surface area contributed by atoms with Crippen LogP contribution in [0.15, 0.2) is 73.3 Å². The van der Waals surface area contributed by atoms with Crippen LogP contribution in [0.1, 0.15) is 38.3 Å². The van der Waals surface area contributed by atoms with E-state index < -0.39 is 8.32 Å². The van der Waals surface area contributed by atoms with Crippen molar-refractivity contribution in [2.24, 2.45) is 0 Å². The molecule has 1 aliphatic rings. The molecule has 0 saturated carbocycles. The number of carbonyl (C=O) groups is 1. The summed E-state index contributed by atoms with van der Waals surface area (Å²) in [4.78, 5) is 14.9. The van der Waals surface area contributed by atoms with Crippen molar-refractivity contribution in [1.29, 1.82) is 0 Å². The number of ether oxygens (including phenoxy) is 1. The highest BCUT2D eigenvalue weighted by Gasteiger charge is 2.37. The van der Waals surface area contributed by atoms with Crippen LogP contribution in [-0.4, -0.2) is 20.5 Å². The molecule has 4 nitrogen and oxygen atoms in total. The molecular formula is C26H33NO3Si. The highest BCUT2D eigenvalue weighted by atomic mass is 28.4. The van der Waals surface area contributed by atoms with Crippen LogP contribution < -0.4 is 4.90 Å². The zero-order valence-electron chi connectivity index (χ0n) is 18.8. The minimum Gasteiger partial charge on any atom is -0.543 e. The predicted octanol–water partition coefficient (Wildman–Crippen LogP) is 7.15. The lowest BCUT2D eigenvalue weighted by Crippen LogP contribution is -2.43. The molecule has 0 aliphatic carbocycles. The average molecular weight is 436 g/mol. The Morgan fingerprint density at radius 1 is 1.03 bits per heavy atom. The van der Waals surface area contributed by atoms with Crippen molar-refractivity contribution < 1.29 is 14.0 Å². The van der Waals surface area contributed by atoms with Crippen LogP contribution in [0.4, 0.5) is 10.5 Å². The van der Waals surface area contributed by atoms with Gasteiger partial charge in [0.25, 0.3) is 0 Å². The van der Waals surface area contributed by atoms with Crippen molar-refractivity contribution in [3.05, 3.63) is 84.5 Å². The van der Waals surface area contributed by atoms with Crippen molar-refractivity contribution in [3.8, 4) is 0 Å². The zero-order valence-corrected chi connectivity index (χ0v) is 19.8. The molecule has 0 saturated heterocycles. The summed E-state index contributed by atoms with van der Waals surface area (Å²) in [5.41, 5.74) is 2.74. The second-order valence-electron chi connectivity index (χ2n) is 7.90. The number of nitrogens with zero attached hydrogens (tertiary/aromatic N) is 1. The van der Waals surface area contributed by atoms with Gasteiger partial charge < -0.3 is 9.16 Å². The maximum atomic E-state index is 13.2. The van der Waals surface area contributed by atoms with Crippen LogP contribution in [0.3, 0.4) is 0 Å². The highest BCUT2D eigenvalue weighted by Crippen LogP contribution is 2.39. The molecule has 164 valence electrons. The molecule has 0 fully saturated rings. The van der Waals surface area contributed by atoms with Gasteiger partial charge in [0.2, 0.25) is 8.32 Å². The normalized spacial score (nSPS) is 15.6. The van der Waals surface area contributed by atoms with E-state index in [9.17, 15) is 4.79 Å². The van der Waals surface area contributed by atoms with Gasteiger partial charge in [-0.3, -0.25) is 4.90 Å². The van der Waals surface area contributed by atoms with Gasteiger partial charge in [0, 0.05) is 5.56 Å². The fraction of sp³-hybridized carbons (Fsp3) is 0.346. The standard InChI is InChI=1S/C26H33NO3Si/c1-5-14-22-19-25(30-31(6-2,7-3)8-4)23-17-12-13-18-24(23)27(22)26(28)29-20-21-15-10-9-11-16-21/h5,9-13,15-19,22H,1,6-8,14,20H2,2-4H3. The van der Waals surface area contributed by atoms with Crippen molar-refractivity contribution in [2.45, 2.75) is 58.0 Å². The van der Waals surface area contributed by atoms with Gasteiger partial charge >= 0.3 is 6.09 Å². The van der Waals surface area contributed by atoms with Gasteiger partial charge in [0.05, 0.1) is 11.7 Å². The molecule has 0 radical (unpaired) electrons. The third kappa shape index (κ3) is 5.10. The lowest BCUT2D eigenvalue weighted by atomic mass is 10.00. The molecule has 0 aromatic heterocycles. The second kappa shape index (κ2) is 10.5. The fourth-order valence-electron chi connectivity index (χ4n) is 4.07. The molecule has 1 atom stereocenters. The molecule has 0 N–H and O–H groups in total. The number of rotatable bonds is 9. The SMILES string of the molecule is C=CCC1C=C(O[Si](CC)(CC)CC)c2ccccc2N1C(=O)OCc1ccccc1. The third-order valence-corrected chi connectivity index (χ3v) is 10.7. The first-order chi connectivity index (χ1) is 15.1. The largest absolute Gasteiger partial charge is 0.543 e. The minimum absolute atomic E-state index is 0.192. The van der Waals surface area contributed by atoms with E-state index in [4.69, 9.17) is 9.16 Å². The van der Waals surface area contributed by atoms with E-state index in [1.807, 2.05) is 60.7 Å². The van der Waals surface area contributed by atoms with Crippen LogP contribution in [0.25, 0.3) is 5.76 Å². The number of hydrogen-bond acceptors (Lipinski definition) is 3. The first-order valence-corrected chi connectivity index (χ1v) is 13.7. The van der Waals surface area contributed by atoms with E-state index in [2.05, 4.69) is 33.4 Å². The summed E-state index contributed by atoms with van der Waals surface area (Å²) in [5.74, 6) is 0.895. The molecule has 1 aliphatic heterocycles. The Labute approximate surface area is 187 Å².